The summed E-state index contributed by atoms with van der Waals surface area (Å²) >= 11 is 0. The minimum absolute atomic E-state index is 0.145. The highest BCUT2D eigenvalue weighted by Crippen LogP contribution is 2.30. The molecule has 1 aliphatic rings. The molecule has 2 unspecified atom stereocenters. The molecule has 2 N–H and O–H groups in total. The number of rotatable bonds is 6. The number of carbonyl (C=O) groups is 1. The minimum Gasteiger partial charge on any atom is -0.480 e. The van der Waals surface area contributed by atoms with E-state index in [0.29, 0.717) is 6.04 Å². The Morgan fingerprint density at radius 1 is 1.40 bits per heavy atom. The molecule has 0 amide bonds. The monoisotopic (exact) mass is 213 g/mol. The van der Waals surface area contributed by atoms with E-state index in [1.165, 1.54) is 19.3 Å². The number of carboxylic acid groups (broad SMARTS) is 1. The van der Waals surface area contributed by atoms with Gasteiger partial charge in [0.15, 0.2) is 0 Å². The van der Waals surface area contributed by atoms with Gasteiger partial charge < -0.3 is 10.4 Å². The van der Waals surface area contributed by atoms with Crippen molar-refractivity contribution in [3.8, 4) is 0 Å². The summed E-state index contributed by atoms with van der Waals surface area (Å²) in [5.41, 5.74) is 0. The van der Waals surface area contributed by atoms with Crippen LogP contribution in [-0.2, 0) is 4.79 Å². The fourth-order valence-electron chi connectivity index (χ4n) is 2.15. The lowest BCUT2D eigenvalue weighted by Crippen LogP contribution is -2.46. The first-order valence-corrected chi connectivity index (χ1v) is 5.99. The Kier molecular flexibility index (Phi) is 4.58. The van der Waals surface area contributed by atoms with Crippen molar-refractivity contribution in [2.75, 3.05) is 0 Å². The first-order valence-electron chi connectivity index (χ1n) is 5.99. The maximum absolute atomic E-state index is 11.0. The van der Waals surface area contributed by atoms with Gasteiger partial charge in [-0.1, -0.05) is 33.1 Å². The molecule has 1 saturated carbocycles. The Balaban J connectivity index is 2.32. The molecule has 0 aromatic heterocycles. The van der Waals surface area contributed by atoms with Gasteiger partial charge in [0, 0.05) is 6.04 Å². The van der Waals surface area contributed by atoms with Crippen molar-refractivity contribution in [2.45, 2.75) is 58.5 Å². The van der Waals surface area contributed by atoms with Crippen molar-refractivity contribution >= 4 is 5.97 Å². The third-order valence-corrected chi connectivity index (χ3v) is 3.31. The molecule has 3 heteroatoms. The highest BCUT2D eigenvalue weighted by Gasteiger charge is 2.25. The molecule has 0 saturated heterocycles. The average molecular weight is 213 g/mol. The van der Waals surface area contributed by atoms with Crippen molar-refractivity contribution in [1.82, 2.24) is 5.32 Å². The zero-order valence-corrected chi connectivity index (χ0v) is 9.99. The van der Waals surface area contributed by atoms with E-state index < -0.39 is 12.0 Å². The molecule has 0 aromatic rings. The highest BCUT2D eigenvalue weighted by molar-refractivity contribution is 5.73. The molecule has 1 fully saturated rings. The summed E-state index contributed by atoms with van der Waals surface area (Å²) in [4.78, 5) is 11.0. The van der Waals surface area contributed by atoms with Crippen LogP contribution in [0.5, 0.6) is 0 Å². The molecule has 15 heavy (non-hydrogen) atoms. The Hall–Kier alpha value is -0.570. The predicted molar refractivity (Wildman–Crippen MR) is 60.8 cm³/mol. The van der Waals surface area contributed by atoms with Crippen LogP contribution in [-0.4, -0.2) is 23.2 Å². The normalized spacial score (nSPS) is 21.1. The van der Waals surface area contributed by atoms with Gasteiger partial charge in [0.05, 0.1) is 0 Å². The van der Waals surface area contributed by atoms with Gasteiger partial charge >= 0.3 is 5.97 Å². The third kappa shape index (κ3) is 3.82. The van der Waals surface area contributed by atoms with Gasteiger partial charge in [-0.2, -0.15) is 0 Å². The minimum atomic E-state index is -0.731. The summed E-state index contributed by atoms with van der Waals surface area (Å²) < 4.78 is 0. The topological polar surface area (TPSA) is 49.3 Å². The van der Waals surface area contributed by atoms with E-state index >= 15 is 0 Å². The van der Waals surface area contributed by atoms with E-state index in [2.05, 4.69) is 12.2 Å². The third-order valence-electron chi connectivity index (χ3n) is 3.31. The molecule has 2 atom stereocenters. The standard InChI is InChI=1S/C12H23NO2/c1-8(2)11(12(14)15)13-9(3)7-10-5-4-6-10/h8-11,13H,4-7H2,1-3H3,(H,14,15). The van der Waals surface area contributed by atoms with Gasteiger partial charge in [0.2, 0.25) is 0 Å². The number of hydrogen-bond donors (Lipinski definition) is 2. The highest BCUT2D eigenvalue weighted by atomic mass is 16.4. The van der Waals surface area contributed by atoms with Crippen molar-refractivity contribution in [3.05, 3.63) is 0 Å². The van der Waals surface area contributed by atoms with Crippen molar-refractivity contribution in [2.24, 2.45) is 11.8 Å². The zero-order valence-electron chi connectivity index (χ0n) is 9.99. The van der Waals surface area contributed by atoms with E-state index in [9.17, 15) is 4.79 Å². The van der Waals surface area contributed by atoms with Gasteiger partial charge in [-0.25, -0.2) is 0 Å². The maximum atomic E-state index is 11.0. The van der Waals surface area contributed by atoms with E-state index in [1.54, 1.807) is 0 Å². The average Bonchev–Trinajstić information content (AvgIpc) is 2.06. The zero-order chi connectivity index (χ0) is 11.4. The van der Waals surface area contributed by atoms with Gasteiger partial charge in [0.1, 0.15) is 6.04 Å². The molecule has 1 aliphatic carbocycles. The Morgan fingerprint density at radius 3 is 2.33 bits per heavy atom. The number of aliphatic carboxylic acids is 1. The predicted octanol–water partition coefficient (Wildman–Crippen LogP) is 2.26. The van der Waals surface area contributed by atoms with E-state index in [1.807, 2.05) is 13.8 Å². The summed E-state index contributed by atoms with van der Waals surface area (Å²) in [6.45, 7) is 5.99. The van der Waals surface area contributed by atoms with Gasteiger partial charge in [-0.15, -0.1) is 0 Å². The first-order chi connectivity index (χ1) is 7.00. The largest absolute Gasteiger partial charge is 0.480 e. The van der Waals surface area contributed by atoms with E-state index in [0.717, 1.165) is 12.3 Å². The molecular weight excluding hydrogens is 190 g/mol. The van der Waals surface area contributed by atoms with Gasteiger partial charge in [0.25, 0.3) is 0 Å². The summed E-state index contributed by atoms with van der Waals surface area (Å²) in [6.07, 6.45) is 5.12. The SMILES string of the molecule is CC(CC1CCC1)NC(C(=O)O)C(C)C. The maximum Gasteiger partial charge on any atom is 0.320 e. The molecule has 0 spiro atoms. The second-order valence-electron chi connectivity index (χ2n) is 5.16. The smallest absolute Gasteiger partial charge is 0.320 e. The number of hydrogen-bond acceptors (Lipinski definition) is 2. The first kappa shape index (κ1) is 12.5. The molecule has 3 nitrogen and oxygen atoms in total. The molecule has 0 bridgehead atoms. The van der Waals surface area contributed by atoms with Crippen LogP contribution in [0.25, 0.3) is 0 Å². The fraction of sp³-hybridized carbons (Fsp3) is 0.917. The van der Waals surface area contributed by atoms with Crippen LogP contribution in [0.15, 0.2) is 0 Å². The Bertz CT molecular complexity index is 212. The summed E-state index contributed by atoms with van der Waals surface area (Å²) in [6, 6.07) is -0.0844. The summed E-state index contributed by atoms with van der Waals surface area (Å²) in [7, 11) is 0. The lowest BCUT2D eigenvalue weighted by atomic mass is 9.81. The number of nitrogens with one attached hydrogen (secondary N) is 1. The second kappa shape index (κ2) is 5.50. The van der Waals surface area contributed by atoms with E-state index in [4.69, 9.17) is 5.11 Å². The summed E-state index contributed by atoms with van der Waals surface area (Å²) in [5.74, 6) is 0.242. The van der Waals surface area contributed by atoms with Crippen LogP contribution in [0.1, 0.15) is 46.5 Å². The van der Waals surface area contributed by atoms with Crippen LogP contribution >= 0.6 is 0 Å². The molecule has 1 rings (SSSR count). The van der Waals surface area contributed by atoms with Crippen molar-refractivity contribution < 1.29 is 9.90 Å². The lowest BCUT2D eigenvalue weighted by molar-refractivity contribution is -0.140. The van der Waals surface area contributed by atoms with Crippen LogP contribution in [0.2, 0.25) is 0 Å². The quantitative estimate of drug-likeness (QED) is 0.711. The second-order valence-corrected chi connectivity index (χ2v) is 5.16. The van der Waals surface area contributed by atoms with Crippen molar-refractivity contribution in [1.29, 1.82) is 0 Å². The van der Waals surface area contributed by atoms with Crippen LogP contribution < -0.4 is 5.32 Å². The Morgan fingerprint density at radius 2 is 2.00 bits per heavy atom. The molecule has 0 heterocycles. The van der Waals surface area contributed by atoms with Gasteiger partial charge in [-0.3, -0.25) is 4.79 Å². The fourth-order valence-corrected chi connectivity index (χ4v) is 2.15. The van der Waals surface area contributed by atoms with Crippen LogP contribution in [0, 0.1) is 11.8 Å². The molecule has 88 valence electrons. The molecule has 0 aliphatic heterocycles. The van der Waals surface area contributed by atoms with Gasteiger partial charge in [-0.05, 0) is 25.2 Å². The van der Waals surface area contributed by atoms with Crippen molar-refractivity contribution in [3.63, 3.8) is 0 Å². The molecular formula is C12H23NO2. The van der Waals surface area contributed by atoms with Crippen LogP contribution in [0.3, 0.4) is 0 Å². The number of carboxylic acids is 1. The Labute approximate surface area is 92.3 Å². The molecule has 0 aromatic carbocycles. The summed E-state index contributed by atoms with van der Waals surface area (Å²) in [5, 5.41) is 12.3. The van der Waals surface area contributed by atoms with E-state index in [-0.39, 0.29) is 5.92 Å². The van der Waals surface area contributed by atoms with Crippen LogP contribution in [0.4, 0.5) is 0 Å². The lowest BCUT2D eigenvalue weighted by Gasteiger charge is -2.30. The molecule has 0 radical (unpaired) electrons.